The average Bonchev–Trinajstić information content (AvgIpc) is 3.06. The molecule has 3 nitrogen and oxygen atoms in total. The van der Waals surface area contributed by atoms with Crippen LogP contribution in [0.2, 0.25) is 0 Å². The van der Waals surface area contributed by atoms with Gasteiger partial charge in [0.1, 0.15) is 22.8 Å². The molecule has 1 aromatic heterocycles. The molecule has 3 heteroatoms. The van der Waals surface area contributed by atoms with Crippen LogP contribution in [-0.4, -0.2) is 14.2 Å². The Morgan fingerprint density at radius 2 is 1.19 bits per heavy atom. The quantitative estimate of drug-likeness (QED) is 0.423. The lowest BCUT2D eigenvalue weighted by atomic mass is 9.96. The zero-order valence-corrected chi connectivity index (χ0v) is 16.0. The van der Waals surface area contributed by atoms with E-state index in [0.717, 1.165) is 44.9 Å². The van der Waals surface area contributed by atoms with Gasteiger partial charge in [0, 0.05) is 16.5 Å². The monoisotopic (exact) mass is 358 g/mol. The van der Waals surface area contributed by atoms with Crippen molar-refractivity contribution in [2.24, 2.45) is 0 Å². The standard InChI is InChI=1S/C24H22O3/c1-15-13-21-22(14-16(15)2)27-24(18-7-11-20(26-4)12-8-18)23(21)17-5-9-19(25-3)10-6-17/h5-14H,1-4H3. The summed E-state index contributed by atoms with van der Waals surface area (Å²) in [6.45, 7) is 4.24. The molecule has 136 valence electrons. The van der Waals surface area contributed by atoms with E-state index in [0.29, 0.717) is 0 Å². The Labute approximate surface area is 159 Å². The van der Waals surface area contributed by atoms with Crippen LogP contribution in [0.3, 0.4) is 0 Å². The van der Waals surface area contributed by atoms with Crippen LogP contribution in [-0.2, 0) is 0 Å². The van der Waals surface area contributed by atoms with Crippen molar-refractivity contribution in [2.45, 2.75) is 13.8 Å². The summed E-state index contributed by atoms with van der Waals surface area (Å²) in [6, 6.07) is 20.4. The van der Waals surface area contributed by atoms with E-state index >= 15 is 0 Å². The minimum atomic E-state index is 0.826. The van der Waals surface area contributed by atoms with Crippen molar-refractivity contribution in [1.82, 2.24) is 0 Å². The van der Waals surface area contributed by atoms with Crippen molar-refractivity contribution in [2.75, 3.05) is 14.2 Å². The van der Waals surface area contributed by atoms with Crippen LogP contribution >= 0.6 is 0 Å². The van der Waals surface area contributed by atoms with E-state index in [1.54, 1.807) is 14.2 Å². The maximum Gasteiger partial charge on any atom is 0.143 e. The molecule has 4 rings (SSSR count). The number of ether oxygens (including phenoxy) is 2. The Morgan fingerprint density at radius 1 is 0.667 bits per heavy atom. The van der Waals surface area contributed by atoms with Crippen molar-refractivity contribution in [3.8, 4) is 33.9 Å². The molecular weight excluding hydrogens is 336 g/mol. The highest BCUT2D eigenvalue weighted by Gasteiger charge is 2.18. The van der Waals surface area contributed by atoms with Crippen molar-refractivity contribution in [3.05, 3.63) is 71.8 Å². The summed E-state index contributed by atoms with van der Waals surface area (Å²) in [7, 11) is 3.35. The number of hydrogen-bond acceptors (Lipinski definition) is 3. The Hall–Kier alpha value is -3.20. The number of hydrogen-bond donors (Lipinski definition) is 0. The normalized spacial score (nSPS) is 11.0. The van der Waals surface area contributed by atoms with E-state index in [1.165, 1.54) is 11.1 Å². The van der Waals surface area contributed by atoms with Gasteiger partial charge in [0.15, 0.2) is 0 Å². The maximum atomic E-state index is 6.33. The van der Waals surface area contributed by atoms with E-state index < -0.39 is 0 Å². The molecule has 27 heavy (non-hydrogen) atoms. The van der Waals surface area contributed by atoms with Gasteiger partial charge in [-0.15, -0.1) is 0 Å². The number of benzene rings is 3. The van der Waals surface area contributed by atoms with E-state index in [9.17, 15) is 0 Å². The molecule has 0 amide bonds. The van der Waals surface area contributed by atoms with Gasteiger partial charge in [-0.1, -0.05) is 12.1 Å². The average molecular weight is 358 g/mol. The lowest BCUT2D eigenvalue weighted by molar-refractivity contribution is 0.414. The molecule has 0 N–H and O–H groups in total. The SMILES string of the molecule is COc1ccc(-c2oc3cc(C)c(C)cc3c2-c2ccc(OC)cc2)cc1. The third kappa shape index (κ3) is 3.06. The molecule has 0 aliphatic heterocycles. The third-order valence-electron chi connectivity index (χ3n) is 5.04. The third-order valence-corrected chi connectivity index (χ3v) is 5.04. The maximum absolute atomic E-state index is 6.33. The van der Waals surface area contributed by atoms with Crippen LogP contribution in [0.15, 0.2) is 65.1 Å². The second-order valence-electron chi connectivity index (χ2n) is 6.70. The minimum absolute atomic E-state index is 0.826. The van der Waals surface area contributed by atoms with Gasteiger partial charge in [-0.2, -0.15) is 0 Å². The van der Waals surface area contributed by atoms with Gasteiger partial charge < -0.3 is 13.9 Å². The summed E-state index contributed by atoms with van der Waals surface area (Å²) in [5.74, 6) is 2.53. The Kier molecular flexibility index (Phi) is 4.36. The molecule has 0 spiro atoms. The van der Waals surface area contributed by atoms with Gasteiger partial charge >= 0.3 is 0 Å². The van der Waals surface area contributed by atoms with Crippen molar-refractivity contribution in [3.63, 3.8) is 0 Å². The predicted octanol–water partition coefficient (Wildman–Crippen LogP) is 6.40. The summed E-state index contributed by atoms with van der Waals surface area (Å²) in [5, 5.41) is 1.12. The van der Waals surface area contributed by atoms with Crippen molar-refractivity contribution < 1.29 is 13.9 Å². The fraction of sp³-hybridized carbons (Fsp3) is 0.167. The van der Waals surface area contributed by atoms with Crippen LogP contribution < -0.4 is 9.47 Å². The van der Waals surface area contributed by atoms with E-state index in [-0.39, 0.29) is 0 Å². The molecule has 3 aromatic carbocycles. The highest BCUT2D eigenvalue weighted by atomic mass is 16.5. The summed E-state index contributed by atoms with van der Waals surface area (Å²) in [5.41, 5.74) is 6.59. The number of rotatable bonds is 4. The largest absolute Gasteiger partial charge is 0.497 e. The lowest BCUT2D eigenvalue weighted by Crippen LogP contribution is -1.86. The van der Waals surface area contributed by atoms with Gasteiger partial charge in [0.2, 0.25) is 0 Å². The first-order valence-corrected chi connectivity index (χ1v) is 8.93. The fourth-order valence-corrected chi connectivity index (χ4v) is 3.34. The van der Waals surface area contributed by atoms with E-state index in [2.05, 4.69) is 38.1 Å². The molecule has 0 fully saturated rings. The number of aryl methyl sites for hydroxylation is 2. The molecule has 0 saturated carbocycles. The highest BCUT2D eigenvalue weighted by molar-refractivity contribution is 6.02. The smallest absolute Gasteiger partial charge is 0.143 e. The first-order chi connectivity index (χ1) is 13.1. The molecule has 1 heterocycles. The highest BCUT2D eigenvalue weighted by Crippen LogP contribution is 2.42. The Balaban J connectivity index is 1.98. The van der Waals surface area contributed by atoms with Crippen molar-refractivity contribution >= 4 is 11.0 Å². The van der Waals surface area contributed by atoms with Gasteiger partial charge in [-0.05, 0) is 79.1 Å². The summed E-state index contributed by atoms with van der Waals surface area (Å²) < 4.78 is 16.9. The molecule has 0 radical (unpaired) electrons. The molecule has 0 aliphatic carbocycles. The minimum Gasteiger partial charge on any atom is -0.497 e. The summed E-state index contributed by atoms with van der Waals surface area (Å²) in [4.78, 5) is 0. The van der Waals surface area contributed by atoms with E-state index in [4.69, 9.17) is 13.9 Å². The molecular formula is C24H22O3. The molecule has 0 atom stereocenters. The second kappa shape index (κ2) is 6.84. The lowest BCUT2D eigenvalue weighted by Gasteiger charge is -2.07. The van der Waals surface area contributed by atoms with Gasteiger partial charge in [0.05, 0.1) is 14.2 Å². The fourth-order valence-electron chi connectivity index (χ4n) is 3.34. The molecule has 0 saturated heterocycles. The van der Waals surface area contributed by atoms with Crippen LogP contribution in [0, 0.1) is 13.8 Å². The van der Waals surface area contributed by atoms with Gasteiger partial charge in [-0.25, -0.2) is 0 Å². The zero-order valence-electron chi connectivity index (χ0n) is 16.0. The number of methoxy groups -OCH3 is 2. The first kappa shape index (κ1) is 17.2. The molecule has 4 aromatic rings. The summed E-state index contributed by atoms with van der Waals surface area (Å²) in [6.07, 6.45) is 0. The van der Waals surface area contributed by atoms with Gasteiger partial charge in [-0.3, -0.25) is 0 Å². The second-order valence-corrected chi connectivity index (χ2v) is 6.70. The first-order valence-electron chi connectivity index (χ1n) is 8.93. The van der Waals surface area contributed by atoms with Crippen molar-refractivity contribution in [1.29, 1.82) is 0 Å². The van der Waals surface area contributed by atoms with Crippen LogP contribution in [0.25, 0.3) is 33.4 Å². The molecule has 0 aliphatic rings. The summed E-state index contributed by atoms with van der Waals surface area (Å²) >= 11 is 0. The number of furan rings is 1. The van der Waals surface area contributed by atoms with E-state index in [1.807, 2.05) is 36.4 Å². The van der Waals surface area contributed by atoms with Crippen LogP contribution in [0.4, 0.5) is 0 Å². The Bertz CT molecular complexity index is 1090. The molecule has 0 unspecified atom stereocenters. The topological polar surface area (TPSA) is 31.6 Å². The van der Waals surface area contributed by atoms with Gasteiger partial charge in [0.25, 0.3) is 0 Å². The Morgan fingerprint density at radius 3 is 1.74 bits per heavy atom. The number of fused-ring (bicyclic) bond motifs is 1. The van der Waals surface area contributed by atoms with Crippen LogP contribution in [0.5, 0.6) is 11.5 Å². The zero-order chi connectivity index (χ0) is 19.0. The predicted molar refractivity (Wildman–Crippen MR) is 110 cm³/mol. The molecule has 0 bridgehead atoms. The van der Waals surface area contributed by atoms with Crippen LogP contribution in [0.1, 0.15) is 11.1 Å².